The van der Waals surface area contributed by atoms with Crippen LogP contribution in [0.5, 0.6) is 0 Å². The lowest BCUT2D eigenvalue weighted by molar-refractivity contribution is -0.138. The molecule has 4 nitrogen and oxygen atoms in total. The van der Waals surface area contributed by atoms with Gasteiger partial charge in [0, 0.05) is 12.0 Å². The minimum Gasteiger partial charge on any atom is -0.481 e. The van der Waals surface area contributed by atoms with Gasteiger partial charge in [0.05, 0.1) is 0 Å². The molecule has 0 spiro atoms. The van der Waals surface area contributed by atoms with Gasteiger partial charge in [-0.3, -0.25) is 4.79 Å². The molecule has 0 aromatic rings. The van der Waals surface area contributed by atoms with Gasteiger partial charge in [-0.25, -0.2) is 4.79 Å². The first-order valence-electron chi connectivity index (χ1n) is 9.17. The Kier molecular flexibility index (Phi) is 5.17. The van der Waals surface area contributed by atoms with Crippen LogP contribution in [0, 0.1) is 28.6 Å². The van der Waals surface area contributed by atoms with Gasteiger partial charge < -0.3 is 10.2 Å². The molecule has 136 valence electrons. The molecule has 5 unspecified atom stereocenters. The third-order valence-corrected chi connectivity index (χ3v) is 7.46. The zero-order valence-electron chi connectivity index (χ0n) is 15.7. The van der Waals surface area contributed by atoms with Crippen LogP contribution in [0.4, 0.5) is 0 Å². The van der Waals surface area contributed by atoms with Gasteiger partial charge in [-0.1, -0.05) is 33.3 Å². The molecule has 0 aromatic heterocycles. The fourth-order valence-corrected chi connectivity index (χ4v) is 5.33. The van der Waals surface area contributed by atoms with Crippen molar-refractivity contribution in [2.45, 2.75) is 73.1 Å². The van der Waals surface area contributed by atoms with Crippen molar-refractivity contribution in [3.8, 4) is 0 Å². The third kappa shape index (κ3) is 3.12. The fraction of sp³-hybridized carbons (Fsp3) is 0.800. The predicted octanol–water partition coefficient (Wildman–Crippen LogP) is 4.74. The number of hydrogen-bond acceptors (Lipinski definition) is 2. The molecule has 0 saturated heterocycles. The molecule has 0 radical (unpaired) electrons. The summed E-state index contributed by atoms with van der Waals surface area (Å²) in [6.07, 6.45) is 4.91. The van der Waals surface area contributed by atoms with E-state index in [9.17, 15) is 14.7 Å². The molecular weight excluding hydrogens is 304 g/mol. The van der Waals surface area contributed by atoms with Crippen LogP contribution in [0.2, 0.25) is 0 Å². The minimum atomic E-state index is -0.766. The maximum atomic E-state index is 11.7. The van der Waals surface area contributed by atoms with Gasteiger partial charge in [0.25, 0.3) is 0 Å². The van der Waals surface area contributed by atoms with Gasteiger partial charge in [0.2, 0.25) is 0 Å². The van der Waals surface area contributed by atoms with E-state index in [1.54, 1.807) is 0 Å². The van der Waals surface area contributed by atoms with Gasteiger partial charge in [-0.15, -0.1) is 0 Å². The molecule has 0 bridgehead atoms. The van der Waals surface area contributed by atoms with E-state index in [1.807, 2.05) is 13.8 Å². The number of rotatable bonds is 6. The Bertz CT molecular complexity index is 564. The maximum Gasteiger partial charge on any atom is 0.331 e. The Labute approximate surface area is 145 Å². The molecule has 2 aliphatic carbocycles. The van der Waals surface area contributed by atoms with Crippen molar-refractivity contribution in [3.05, 3.63) is 11.1 Å². The van der Waals surface area contributed by atoms with E-state index >= 15 is 0 Å². The molecule has 2 aliphatic rings. The molecule has 5 atom stereocenters. The first kappa shape index (κ1) is 19.0. The number of aliphatic carboxylic acids is 2. The largest absolute Gasteiger partial charge is 0.481 e. The molecule has 0 amide bonds. The van der Waals surface area contributed by atoms with E-state index in [0.717, 1.165) is 31.3 Å². The van der Waals surface area contributed by atoms with Gasteiger partial charge in [0.15, 0.2) is 0 Å². The van der Waals surface area contributed by atoms with Crippen LogP contribution in [0.15, 0.2) is 11.1 Å². The molecule has 0 aromatic carbocycles. The predicted molar refractivity (Wildman–Crippen MR) is 93.7 cm³/mol. The molecule has 0 aliphatic heterocycles. The lowest BCUT2D eigenvalue weighted by Crippen LogP contribution is -2.46. The molecule has 1 fully saturated rings. The maximum absolute atomic E-state index is 11.7. The summed E-state index contributed by atoms with van der Waals surface area (Å²) in [6, 6.07) is 0. The topological polar surface area (TPSA) is 74.6 Å². The summed E-state index contributed by atoms with van der Waals surface area (Å²) in [4.78, 5) is 22.6. The van der Waals surface area contributed by atoms with Gasteiger partial charge in [-0.2, -0.15) is 0 Å². The number of carbonyl (C=O) groups is 2. The first-order chi connectivity index (χ1) is 11.0. The fourth-order valence-electron chi connectivity index (χ4n) is 5.33. The van der Waals surface area contributed by atoms with Crippen molar-refractivity contribution in [3.63, 3.8) is 0 Å². The second kappa shape index (κ2) is 6.53. The van der Waals surface area contributed by atoms with Crippen LogP contribution in [0.3, 0.4) is 0 Å². The van der Waals surface area contributed by atoms with Crippen molar-refractivity contribution in [2.75, 3.05) is 0 Å². The Hall–Kier alpha value is -1.32. The monoisotopic (exact) mass is 336 g/mol. The van der Waals surface area contributed by atoms with Crippen molar-refractivity contribution >= 4 is 11.9 Å². The van der Waals surface area contributed by atoms with E-state index in [0.29, 0.717) is 23.8 Å². The number of hydrogen-bond donors (Lipinski definition) is 2. The van der Waals surface area contributed by atoms with Crippen LogP contribution < -0.4 is 0 Å². The van der Waals surface area contributed by atoms with E-state index < -0.39 is 11.9 Å². The highest BCUT2D eigenvalue weighted by atomic mass is 16.4. The number of carboxylic acids is 2. The van der Waals surface area contributed by atoms with Crippen LogP contribution in [-0.4, -0.2) is 22.2 Å². The summed E-state index contributed by atoms with van der Waals surface area (Å²) in [5, 5.41) is 18.6. The Morgan fingerprint density at radius 2 is 1.92 bits per heavy atom. The van der Waals surface area contributed by atoms with Crippen LogP contribution in [0.1, 0.15) is 73.1 Å². The molecule has 4 heteroatoms. The molecular formula is C20H32O4. The molecule has 1 saturated carbocycles. The Morgan fingerprint density at radius 3 is 2.46 bits per heavy atom. The summed E-state index contributed by atoms with van der Waals surface area (Å²) >= 11 is 0. The average Bonchev–Trinajstić information content (AvgIpc) is 2.75. The zero-order valence-corrected chi connectivity index (χ0v) is 15.7. The quantitative estimate of drug-likeness (QED) is 0.734. The van der Waals surface area contributed by atoms with Gasteiger partial charge >= 0.3 is 11.9 Å². The highest BCUT2D eigenvalue weighted by molar-refractivity contribution is 5.88. The van der Waals surface area contributed by atoms with Crippen LogP contribution in [-0.2, 0) is 9.59 Å². The van der Waals surface area contributed by atoms with Crippen molar-refractivity contribution < 1.29 is 19.8 Å². The number of fused-ring (bicyclic) bond motifs is 1. The summed E-state index contributed by atoms with van der Waals surface area (Å²) in [6.45, 7) is 10.9. The summed E-state index contributed by atoms with van der Waals surface area (Å²) in [7, 11) is 0. The smallest absolute Gasteiger partial charge is 0.331 e. The van der Waals surface area contributed by atoms with Crippen molar-refractivity contribution in [1.29, 1.82) is 0 Å². The van der Waals surface area contributed by atoms with E-state index in [-0.39, 0.29) is 23.2 Å². The van der Waals surface area contributed by atoms with Crippen LogP contribution >= 0.6 is 0 Å². The Morgan fingerprint density at radius 1 is 1.29 bits per heavy atom. The second-order valence-corrected chi connectivity index (χ2v) is 8.77. The number of allylic oxidation sites excluding steroid dienone is 1. The SMILES string of the molecule is CC1=C(C(=O)O)CC2C1(C)CCC(C)C2(C)CCC(C)CC(=O)O. The molecule has 24 heavy (non-hydrogen) atoms. The number of carboxylic acid groups (broad SMARTS) is 2. The summed E-state index contributed by atoms with van der Waals surface area (Å²) < 4.78 is 0. The van der Waals surface area contributed by atoms with E-state index in [4.69, 9.17) is 5.11 Å². The van der Waals surface area contributed by atoms with Gasteiger partial charge in [0.1, 0.15) is 0 Å². The van der Waals surface area contributed by atoms with Crippen LogP contribution in [0.25, 0.3) is 0 Å². The lowest BCUT2D eigenvalue weighted by atomic mass is 9.50. The highest BCUT2D eigenvalue weighted by Crippen LogP contribution is 2.64. The third-order valence-electron chi connectivity index (χ3n) is 7.46. The highest BCUT2D eigenvalue weighted by Gasteiger charge is 2.56. The average molecular weight is 336 g/mol. The summed E-state index contributed by atoms with van der Waals surface area (Å²) in [5.74, 6) is -0.461. The molecule has 2 N–H and O–H groups in total. The molecule has 2 rings (SSSR count). The first-order valence-corrected chi connectivity index (χ1v) is 9.17. The normalized spacial score (nSPS) is 37.2. The summed E-state index contributed by atoms with van der Waals surface area (Å²) in [5.41, 5.74) is 1.72. The lowest BCUT2D eigenvalue weighted by Gasteiger charge is -2.54. The van der Waals surface area contributed by atoms with Crippen molar-refractivity contribution in [2.24, 2.45) is 28.6 Å². The standard InChI is InChI=1S/C20H32O4/c1-12(10-17(21)22)6-8-19(4)13(2)7-9-20(5)14(3)15(18(23)24)11-16(19)20/h12-13,16H,6-11H2,1-5H3,(H,21,22)(H,23,24). The second-order valence-electron chi connectivity index (χ2n) is 8.77. The zero-order chi connectivity index (χ0) is 18.3. The Balaban J connectivity index is 2.23. The molecule has 0 heterocycles. The van der Waals surface area contributed by atoms with E-state index in [1.165, 1.54) is 0 Å². The van der Waals surface area contributed by atoms with Crippen molar-refractivity contribution in [1.82, 2.24) is 0 Å². The minimum absolute atomic E-state index is 0.0228. The van der Waals surface area contributed by atoms with E-state index in [2.05, 4.69) is 20.8 Å². The van der Waals surface area contributed by atoms with Gasteiger partial charge in [-0.05, 0) is 67.6 Å².